The zero-order valence-electron chi connectivity index (χ0n) is 13.3. The second kappa shape index (κ2) is 8.82. The average Bonchev–Trinajstić information content (AvgIpc) is 2.53. The zero-order valence-corrected chi connectivity index (χ0v) is 13.3. The fourth-order valence-electron chi connectivity index (χ4n) is 2.07. The van der Waals surface area contributed by atoms with Crippen LogP contribution < -0.4 is 5.32 Å². The Balaban J connectivity index is 2.70. The van der Waals surface area contributed by atoms with Crippen molar-refractivity contribution in [2.45, 2.75) is 26.3 Å². The summed E-state index contributed by atoms with van der Waals surface area (Å²) in [4.78, 5) is 26.1. The summed E-state index contributed by atoms with van der Waals surface area (Å²) >= 11 is 0. The van der Waals surface area contributed by atoms with Crippen LogP contribution in [0.1, 0.15) is 29.8 Å². The molecular formula is C18H24N2O2. The molecule has 1 N–H and O–H groups in total. The van der Waals surface area contributed by atoms with Crippen LogP contribution in [-0.2, 0) is 11.2 Å². The van der Waals surface area contributed by atoms with E-state index in [0.717, 1.165) is 6.42 Å². The third-order valence-corrected chi connectivity index (χ3v) is 3.35. The highest BCUT2D eigenvalue weighted by molar-refractivity contribution is 5.97. The number of hydrogen-bond acceptors (Lipinski definition) is 2. The van der Waals surface area contributed by atoms with Crippen molar-refractivity contribution in [2.75, 3.05) is 13.1 Å². The van der Waals surface area contributed by atoms with Crippen LogP contribution >= 0.6 is 0 Å². The smallest absolute Gasteiger partial charge is 0.251 e. The maximum Gasteiger partial charge on any atom is 0.251 e. The highest BCUT2D eigenvalue weighted by Gasteiger charge is 2.21. The van der Waals surface area contributed by atoms with E-state index >= 15 is 0 Å². The summed E-state index contributed by atoms with van der Waals surface area (Å²) in [6, 6.07) is 6.79. The Bertz CT molecular complexity index is 525. The molecule has 0 radical (unpaired) electrons. The highest BCUT2D eigenvalue weighted by Crippen LogP contribution is 2.06. The molecule has 0 aliphatic heterocycles. The van der Waals surface area contributed by atoms with E-state index in [1.807, 2.05) is 12.1 Å². The molecule has 118 valence electrons. The van der Waals surface area contributed by atoms with Crippen molar-refractivity contribution in [3.05, 3.63) is 60.7 Å². The van der Waals surface area contributed by atoms with Crippen molar-refractivity contribution in [1.82, 2.24) is 10.2 Å². The van der Waals surface area contributed by atoms with Crippen LogP contribution in [0.25, 0.3) is 0 Å². The summed E-state index contributed by atoms with van der Waals surface area (Å²) in [6.45, 7) is 11.9. The molecule has 1 rings (SSSR count). The predicted molar refractivity (Wildman–Crippen MR) is 89.7 cm³/mol. The first kappa shape index (κ1) is 17.7. The first-order valence-electron chi connectivity index (χ1n) is 7.43. The largest absolute Gasteiger partial charge is 0.341 e. The van der Waals surface area contributed by atoms with Crippen molar-refractivity contribution < 1.29 is 9.59 Å². The molecule has 0 aromatic heterocycles. The number of carbonyl (C=O) groups is 2. The number of rotatable bonds is 8. The van der Waals surface area contributed by atoms with Gasteiger partial charge in [-0.3, -0.25) is 9.59 Å². The molecule has 0 fully saturated rings. The number of nitrogens with zero attached hydrogens (tertiary/aromatic N) is 1. The highest BCUT2D eigenvalue weighted by atomic mass is 16.2. The van der Waals surface area contributed by atoms with E-state index in [1.165, 1.54) is 5.56 Å². The Labute approximate surface area is 132 Å². The summed E-state index contributed by atoms with van der Waals surface area (Å²) in [5.74, 6) is -0.404. The number of carbonyl (C=O) groups excluding carboxylic acids is 2. The zero-order chi connectivity index (χ0) is 16.5. The molecule has 22 heavy (non-hydrogen) atoms. The number of amides is 2. The molecule has 1 atom stereocenters. The van der Waals surface area contributed by atoms with Crippen LogP contribution in [0.15, 0.2) is 49.6 Å². The first-order valence-corrected chi connectivity index (χ1v) is 7.43. The van der Waals surface area contributed by atoms with E-state index in [-0.39, 0.29) is 11.8 Å². The van der Waals surface area contributed by atoms with Gasteiger partial charge < -0.3 is 10.2 Å². The van der Waals surface area contributed by atoms with Crippen LogP contribution in [0.3, 0.4) is 0 Å². The second-order valence-corrected chi connectivity index (χ2v) is 5.07. The van der Waals surface area contributed by atoms with E-state index in [4.69, 9.17) is 0 Å². The van der Waals surface area contributed by atoms with Crippen molar-refractivity contribution in [2.24, 2.45) is 0 Å². The molecule has 4 nitrogen and oxygen atoms in total. The number of benzene rings is 1. The van der Waals surface area contributed by atoms with Crippen molar-refractivity contribution in [3.8, 4) is 0 Å². The van der Waals surface area contributed by atoms with Gasteiger partial charge in [0.15, 0.2) is 0 Å². The van der Waals surface area contributed by atoms with Gasteiger partial charge in [-0.15, -0.1) is 13.2 Å². The molecule has 0 bridgehead atoms. The third kappa shape index (κ3) is 4.88. The second-order valence-electron chi connectivity index (χ2n) is 5.07. The van der Waals surface area contributed by atoms with Crippen molar-refractivity contribution in [1.29, 1.82) is 0 Å². The van der Waals surface area contributed by atoms with E-state index in [0.29, 0.717) is 18.7 Å². The maximum absolute atomic E-state index is 12.3. The Morgan fingerprint density at radius 1 is 1.18 bits per heavy atom. The summed E-state index contributed by atoms with van der Waals surface area (Å²) in [5, 5.41) is 2.73. The molecule has 0 aliphatic rings. The van der Waals surface area contributed by atoms with Gasteiger partial charge in [-0.2, -0.15) is 0 Å². The van der Waals surface area contributed by atoms with E-state index in [9.17, 15) is 9.59 Å². The standard InChI is InChI=1S/C18H24N2O2/c1-5-12-20(13-6-2)18(22)14(4)19-17(21)16-10-8-15(7-3)9-11-16/h5-6,8-11,14H,1-2,7,12-13H2,3-4H3,(H,19,21). The minimum absolute atomic E-state index is 0.154. The van der Waals surface area contributed by atoms with Gasteiger partial charge in [-0.1, -0.05) is 31.2 Å². The monoisotopic (exact) mass is 300 g/mol. The van der Waals surface area contributed by atoms with Gasteiger partial charge >= 0.3 is 0 Å². The van der Waals surface area contributed by atoms with Crippen molar-refractivity contribution >= 4 is 11.8 Å². The number of nitrogens with one attached hydrogen (secondary N) is 1. The molecule has 1 aromatic rings. The molecule has 0 aliphatic carbocycles. The molecule has 0 saturated heterocycles. The molecule has 0 spiro atoms. The van der Waals surface area contributed by atoms with Crippen LogP contribution in [0, 0.1) is 0 Å². The molecule has 0 heterocycles. The lowest BCUT2D eigenvalue weighted by molar-refractivity contribution is -0.131. The molecule has 1 aromatic carbocycles. The summed E-state index contributed by atoms with van der Waals surface area (Å²) < 4.78 is 0. The summed E-state index contributed by atoms with van der Waals surface area (Å²) in [7, 11) is 0. The van der Waals surface area contributed by atoms with E-state index in [1.54, 1.807) is 36.1 Å². The van der Waals surface area contributed by atoms with Crippen LogP contribution in [0.2, 0.25) is 0 Å². The van der Waals surface area contributed by atoms with E-state index < -0.39 is 6.04 Å². The molecule has 2 amide bonds. The minimum Gasteiger partial charge on any atom is -0.341 e. The minimum atomic E-state index is -0.599. The van der Waals surface area contributed by atoms with Crippen molar-refractivity contribution in [3.63, 3.8) is 0 Å². The average molecular weight is 300 g/mol. The maximum atomic E-state index is 12.3. The van der Waals surface area contributed by atoms with Gasteiger partial charge in [0.2, 0.25) is 5.91 Å². The Morgan fingerprint density at radius 2 is 1.73 bits per heavy atom. The SMILES string of the molecule is C=CCN(CC=C)C(=O)C(C)NC(=O)c1ccc(CC)cc1. The molecule has 1 unspecified atom stereocenters. The number of aryl methyl sites for hydroxylation is 1. The summed E-state index contributed by atoms with van der Waals surface area (Å²) in [5.41, 5.74) is 1.72. The Kier molecular flexibility index (Phi) is 7.09. The van der Waals surface area contributed by atoms with Gasteiger partial charge in [0.1, 0.15) is 6.04 Å². The fraction of sp³-hybridized carbons (Fsp3) is 0.333. The first-order chi connectivity index (χ1) is 10.5. The predicted octanol–water partition coefficient (Wildman–Crippen LogP) is 2.57. The van der Waals surface area contributed by atoms with Crippen LogP contribution in [0.5, 0.6) is 0 Å². The quantitative estimate of drug-likeness (QED) is 0.750. The Hall–Kier alpha value is -2.36. The van der Waals surface area contributed by atoms with Gasteiger partial charge in [0.05, 0.1) is 0 Å². The topological polar surface area (TPSA) is 49.4 Å². The van der Waals surface area contributed by atoms with Crippen LogP contribution in [0.4, 0.5) is 0 Å². The lowest BCUT2D eigenvalue weighted by Gasteiger charge is -2.23. The van der Waals surface area contributed by atoms with Gasteiger partial charge in [0, 0.05) is 18.7 Å². The van der Waals surface area contributed by atoms with Gasteiger partial charge in [-0.05, 0) is 31.0 Å². The lowest BCUT2D eigenvalue weighted by atomic mass is 10.1. The van der Waals surface area contributed by atoms with Crippen LogP contribution in [-0.4, -0.2) is 35.8 Å². The van der Waals surface area contributed by atoms with E-state index in [2.05, 4.69) is 25.4 Å². The number of hydrogen-bond donors (Lipinski definition) is 1. The Morgan fingerprint density at radius 3 is 2.18 bits per heavy atom. The normalized spacial score (nSPS) is 11.4. The molecule has 0 saturated carbocycles. The molecule has 4 heteroatoms. The summed E-state index contributed by atoms with van der Waals surface area (Å²) in [6.07, 6.45) is 4.23. The third-order valence-electron chi connectivity index (χ3n) is 3.35. The van der Waals surface area contributed by atoms with Gasteiger partial charge in [0.25, 0.3) is 5.91 Å². The molecular weight excluding hydrogens is 276 g/mol. The fourth-order valence-corrected chi connectivity index (χ4v) is 2.07. The van der Waals surface area contributed by atoms with Gasteiger partial charge in [-0.25, -0.2) is 0 Å². The lowest BCUT2D eigenvalue weighted by Crippen LogP contribution is -2.47.